The summed E-state index contributed by atoms with van der Waals surface area (Å²) in [6.07, 6.45) is 5.99. The lowest BCUT2D eigenvalue weighted by Gasteiger charge is -2.04. The fourth-order valence-electron chi connectivity index (χ4n) is 1.10. The van der Waals surface area contributed by atoms with Crippen molar-refractivity contribution in [2.75, 3.05) is 13.2 Å². The number of hydrogen-bond acceptors (Lipinski definition) is 4. The van der Waals surface area contributed by atoms with Crippen LogP contribution in [0.15, 0.2) is 11.6 Å². The normalized spacial score (nSPS) is 11.2. The van der Waals surface area contributed by atoms with E-state index in [-0.39, 0.29) is 12.6 Å². The summed E-state index contributed by atoms with van der Waals surface area (Å²) in [5, 5.41) is 8.53. The molecule has 0 heterocycles. The van der Waals surface area contributed by atoms with Crippen molar-refractivity contribution in [2.45, 2.75) is 39.0 Å². The Bertz CT molecular complexity index is 233. The molecule has 1 N–H and O–H groups in total. The predicted molar refractivity (Wildman–Crippen MR) is 61.0 cm³/mol. The van der Waals surface area contributed by atoms with Crippen molar-refractivity contribution in [1.29, 1.82) is 0 Å². The summed E-state index contributed by atoms with van der Waals surface area (Å²) in [5.74, 6) is -0.316. The molecule has 0 aliphatic carbocycles. The first-order valence-electron chi connectivity index (χ1n) is 5.60. The van der Waals surface area contributed by atoms with Gasteiger partial charge in [-0.3, -0.25) is 0 Å². The van der Waals surface area contributed by atoms with Gasteiger partial charge in [-0.25, -0.2) is 4.79 Å². The van der Waals surface area contributed by atoms with Crippen LogP contribution in [0.2, 0.25) is 0 Å². The molecule has 0 amide bonds. The molecule has 0 unspecified atom stereocenters. The van der Waals surface area contributed by atoms with Crippen LogP contribution < -0.4 is 0 Å². The maximum atomic E-state index is 11.3. The Morgan fingerprint density at radius 3 is 2.62 bits per heavy atom. The van der Waals surface area contributed by atoms with Gasteiger partial charge in [-0.2, -0.15) is 0 Å². The number of carbonyl (C=O) groups is 2. The van der Waals surface area contributed by atoms with Crippen molar-refractivity contribution in [2.24, 2.45) is 0 Å². The molecule has 0 aromatic rings. The van der Waals surface area contributed by atoms with Crippen molar-refractivity contribution < 1.29 is 19.4 Å². The monoisotopic (exact) mass is 228 g/mol. The summed E-state index contributed by atoms with van der Waals surface area (Å²) in [7, 11) is 0. The first kappa shape index (κ1) is 14.8. The fraction of sp³-hybridized carbons (Fsp3) is 0.667. The van der Waals surface area contributed by atoms with E-state index >= 15 is 0 Å². The van der Waals surface area contributed by atoms with Gasteiger partial charge in [-0.15, -0.1) is 0 Å². The number of rotatable bonds is 9. The second kappa shape index (κ2) is 10.4. The Hall–Kier alpha value is -1.16. The van der Waals surface area contributed by atoms with Crippen LogP contribution in [0.25, 0.3) is 0 Å². The molecular formula is C12H20O4. The van der Waals surface area contributed by atoms with Gasteiger partial charge in [0.2, 0.25) is 0 Å². The Kier molecular flexibility index (Phi) is 9.61. The zero-order chi connectivity index (χ0) is 12.2. The topological polar surface area (TPSA) is 63.6 Å². The van der Waals surface area contributed by atoms with Crippen LogP contribution >= 0.6 is 0 Å². The summed E-state index contributed by atoms with van der Waals surface area (Å²) >= 11 is 0. The first-order valence-corrected chi connectivity index (χ1v) is 5.60. The van der Waals surface area contributed by atoms with Crippen molar-refractivity contribution >= 4 is 12.3 Å². The molecule has 0 aliphatic heterocycles. The highest BCUT2D eigenvalue weighted by Gasteiger charge is 2.04. The van der Waals surface area contributed by atoms with E-state index in [0.29, 0.717) is 31.4 Å². The van der Waals surface area contributed by atoms with Gasteiger partial charge in [0.25, 0.3) is 0 Å². The largest absolute Gasteiger partial charge is 0.462 e. The van der Waals surface area contributed by atoms with Gasteiger partial charge in [-0.05, 0) is 32.6 Å². The van der Waals surface area contributed by atoms with Crippen LogP contribution in [0.1, 0.15) is 39.0 Å². The van der Waals surface area contributed by atoms with Crippen molar-refractivity contribution in [1.82, 2.24) is 0 Å². The average Bonchev–Trinajstić information content (AvgIpc) is 2.29. The van der Waals surface area contributed by atoms with E-state index in [2.05, 4.69) is 0 Å². The molecule has 0 fully saturated rings. The maximum absolute atomic E-state index is 11.3. The fourth-order valence-corrected chi connectivity index (χ4v) is 1.10. The molecule has 0 atom stereocenters. The molecule has 0 saturated carbocycles. The van der Waals surface area contributed by atoms with Gasteiger partial charge in [0.1, 0.15) is 6.29 Å². The van der Waals surface area contributed by atoms with E-state index < -0.39 is 0 Å². The van der Waals surface area contributed by atoms with Gasteiger partial charge < -0.3 is 14.6 Å². The highest BCUT2D eigenvalue weighted by molar-refractivity contribution is 5.87. The molecule has 16 heavy (non-hydrogen) atoms. The molecule has 0 radical (unpaired) electrons. The molecule has 4 heteroatoms. The van der Waals surface area contributed by atoms with Crippen molar-refractivity contribution in [3.05, 3.63) is 11.6 Å². The molecule has 0 spiro atoms. The number of ether oxygens (including phenoxy) is 1. The van der Waals surface area contributed by atoms with Crippen LogP contribution in [0.5, 0.6) is 0 Å². The van der Waals surface area contributed by atoms with Crippen LogP contribution in [-0.4, -0.2) is 30.6 Å². The lowest BCUT2D eigenvalue weighted by Crippen LogP contribution is -2.07. The van der Waals surface area contributed by atoms with Crippen LogP contribution in [0.4, 0.5) is 0 Å². The molecule has 92 valence electrons. The first-order chi connectivity index (χ1) is 7.72. The van der Waals surface area contributed by atoms with Crippen LogP contribution in [-0.2, 0) is 14.3 Å². The summed E-state index contributed by atoms with van der Waals surface area (Å²) in [4.78, 5) is 21.4. The van der Waals surface area contributed by atoms with E-state index in [1.807, 2.05) is 0 Å². The number of esters is 1. The van der Waals surface area contributed by atoms with Gasteiger partial charge in [0.15, 0.2) is 0 Å². The molecule has 4 nitrogen and oxygen atoms in total. The third-order valence-electron chi connectivity index (χ3n) is 2.08. The Morgan fingerprint density at radius 2 is 2.00 bits per heavy atom. The van der Waals surface area contributed by atoms with E-state index in [1.54, 1.807) is 13.0 Å². The lowest BCUT2D eigenvalue weighted by atomic mass is 10.2. The van der Waals surface area contributed by atoms with E-state index in [4.69, 9.17) is 9.84 Å². The predicted octanol–water partition coefficient (Wildman–Crippen LogP) is 1.62. The summed E-state index contributed by atoms with van der Waals surface area (Å²) in [5.41, 5.74) is 0.579. The molecule has 0 rings (SSSR count). The summed E-state index contributed by atoms with van der Waals surface area (Å²) < 4.78 is 4.98. The number of allylic oxidation sites excluding steroid dienone is 1. The molecule has 0 aromatic heterocycles. The SMILES string of the molecule is CC(=CCCCC=O)C(=O)OCCCCO. The Labute approximate surface area is 96.3 Å². The van der Waals surface area contributed by atoms with E-state index in [9.17, 15) is 9.59 Å². The Balaban J connectivity index is 3.66. The van der Waals surface area contributed by atoms with E-state index in [1.165, 1.54) is 0 Å². The summed E-state index contributed by atoms with van der Waals surface area (Å²) in [6, 6.07) is 0. The minimum Gasteiger partial charge on any atom is -0.462 e. The standard InChI is InChI=1S/C12H20O4/c1-11(7-3-2-4-8-13)12(15)16-10-6-5-9-14/h7-8,14H,2-6,9-10H2,1H3. The molecule has 0 bridgehead atoms. The average molecular weight is 228 g/mol. The van der Waals surface area contributed by atoms with Gasteiger partial charge in [-0.1, -0.05) is 6.08 Å². The lowest BCUT2D eigenvalue weighted by molar-refractivity contribution is -0.139. The number of aliphatic hydroxyl groups is 1. The number of aliphatic hydroxyl groups excluding tert-OH is 1. The third-order valence-corrected chi connectivity index (χ3v) is 2.08. The molecule has 0 aliphatic rings. The second-order valence-electron chi connectivity index (χ2n) is 3.55. The summed E-state index contributed by atoms with van der Waals surface area (Å²) in [6.45, 7) is 2.17. The van der Waals surface area contributed by atoms with Crippen molar-refractivity contribution in [3.8, 4) is 0 Å². The second-order valence-corrected chi connectivity index (χ2v) is 3.55. The zero-order valence-electron chi connectivity index (χ0n) is 9.78. The number of aldehydes is 1. The minimum atomic E-state index is -0.316. The van der Waals surface area contributed by atoms with Gasteiger partial charge in [0, 0.05) is 18.6 Å². The highest BCUT2D eigenvalue weighted by atomic mass is 16.5. The maximum Gasteiger partial charge on any atom is 0.333 e. The molecule has 0 saturated heterocycles. The van der Waals surface area contributed by atoms with Crippen LogP contribution in [0, 0.1) is 0 Å². The number of unbranched alkanes of at least 4 members (excludes halogenated alkanes) is 3. The minimum absolute atomic E-state index is 0.123. The molecule has 0 aromatic carbocycles. The van der Waals surface area contributed by atoms with Crippen molar-refractivity contribution in [3.63, 3.8) is 0 Å². The quantitative estimate of drug-likeness (QED) is 0.282. The number of hydrogen-bond donors (Lipinski definition) is 1. The van der Waals surface area contributed by atoms with Gasteiger partial charge in [0.05, 0.1) is 6.61 Å². The van der Waals surface area contributed by atoms with Gasteiger partial charge >= 0.3 is 5.97 Å². The molecular weight excluding hydrogens is 208 g/mol. The smallest absolute Gasteiger partial charge is 0.333 e. The van der Waals surface area contributed by atoms with E-state index in [0.717, 1.165) is 19.1 Å². The zero-order valence-corrected chi connectivity index (χ0v) is 9.78. The third kappa shape index (κ3) is 8.17. The van der Waals surface area contributed by atoms with Crippen LogP contribution in [0.3, 0.4) is 0 Å². The Morgan fingerprint density at radius 1 is 1.25 bits per heavy atom. The highest BCUT2D eigenvalue weighted by Crippen LogP contribution is 2.03. The number of carbonyl (C=O) groups excluding carboxylic acids is 2.